The summed E-state index contributed by atoms with van der Waals surface area (Å²) in [5, 5.41) is 4.17. The molecule has 0 aromatic heterocycles. The molecule has 0 unspecified atom stereocenters. The second-order valence-corrected chi connectivity index (χ2v) is 7.13. The fourth-order valence-electron chi connectivity index (χ4n) is 2.01. The van der Waals surface area contributed by atoms with Crippen LogP contribution >= 0.6 is 35.0 Å². The first-order chi connectivity index (χ1) is 12.1. The second kappa shape index (κ2) is 10.4. The zero-order valence-corrected chi connectivity index (χ0v) is 16.1. The monoisotopic (exact) mass is 395 g/mol. The summed E-state index contributed by atoms with van der Waals surface area (Å²) in [6, 6.07) is 13.0. The topological polar surface area (TPSA) is 38.3 Å². The quantitative estimate of drug-likeness (QED) is 0.501. The molecule has 0 spiro atoms. The minimum absolute atomic E-state index is 0.110. The van der Waals surface area contributed by atoms with E-state index in [2.05, 4.69) is 5.32 Å². The number of methoxy groups -OCH3 is 1. The Labute approximate surface area is 162 Å². The zero-order chi connectivity index (χ0) is 18.1. The number of nitrogens with one attached hydrogen (secondary N) is 1. The maximum atomic E-state index is 11.8. The van der Waals surface area contributed by atoms with Gasteiger partial charge >= 0.3 is 0 Å². The van der Waals surface area contributed by atoms with E-state index in [-0.39, 0.29) is 5.91 Å². The van der Waals surface area contributed by atoms with Crippen molar-refractivity contribution in [3.05, 3.63) is 69.7 Å². The van der Waals surface area contributed by atoms with Crippen LogP contribution in [0.1, 0.15) is 11.1 Å². The summed E-state index contributed by atoms with van der Waals surface area (Å²) in [6.07, 6.45) is 3.30. The Kier molecular flexibility index (Phi) is 8.19. The molecule has 0 bridgehead atoms. The molecule has 0 radical (unpaired) electrons. The lowest BCUT2D eigenvalue weighted by Gasteiger charge is -2.05. The highest BCUT2D eigenvalue weighted by atomic mass is 35.5. The maximum Gasteiger partial charge on any atom is 0.244 e. The number of carbonyl (C=O) groups is 1. The Hall–Kier alpha value is -1.62. The van der Waals surface area contributed by atoms with Crippen molar-refractivity contribution in [1.82, 2.24) is 5.32 Å². The minimum atomic E-state index is -0.110. The molecule has 25 heavy (non-hydrogen) atoms. The number of ether oxygens (including phenoxy) is 1. The molecule has 132 valence electrons. The smallest absolute Gasteiger partial charge is 0.244 e. The lowest BCUT2D eigenvalue weighted by molar-refractivity contribution is -0.116. The molecule has 1 amide bonds. The van der Waals surface area contributed by atoms with Crippen molar-refractivity contribution in [2.75, 3.05) is 19.4 Å². The third-order valence-electron chi connectivity index (χ3n) is 3.36. The first-order valence-corrected chi connectivity index (χ1v) is 9.61. The number of benzene rings is 2. The fourth-order valence-corrected chi connectivity index (χ4v) is 3.43. The van der Waals surface area contributed by atoms with Crippen LogP contribution in [0.25, 0.3) is 6.08 Å². The molecule has 0 aliphatic carbocycles. The van der Waals surface area contributed by atoms with Crippen molar-refractivity contribution in [3.8, 4) is 5.75 Å². The molecule has 2 aromatic carbocycles. The predicted molar refractivity (Wildman–Crippen MR) is 108 cm³/mol. The molecule has 3 nitrogen and oxygen atoms in total. The molecule has 0 atom stereocenters. The van der Waals surface area contributed by atoms with E-state index in [1.807, 2.05) is 36.4 Å². The fraction of sp³-hybridized carbons (Fsp3) is 0.211. The molecule has 1 N–H and O–H groups in total. The van der Waals surface area contributed by atoms with Gasteiger partial charge in [0.15, 0.2) is 0 Å². The Morgan fingerprint density at radius 3 is 2.64 bits per heavy atom. The molecule has 0 fully saturated rings. The molecule has 2 aromatic rings. The van der Waals surface area contributed by atoms with Gasteiger partial charge in [0.05, 0.1) is 7.11 Å². The van der Waals surface area contributed by atoms with Crippen molar-refractivity contribution >= 4 is 46.9 Å². The molecule has 0 saturated heterocycles. The highest BCUT2D eigenvalue weighted by Gasteiger charge is 2.02. The van der Waals surface area contributed by atoms with Crippen LogP contribution < -0.4 is 10.1 Å². The highest BCUT2D eigenvalue weighted by molar-refractivity contribution is 7.98. The van der Waals surface area contributed by atoms with Crippen molar-refractivity contribution in [3.63, 3.8) is 0 Å². The van der Waals surface area contributed by atoms with Crippen molar-refractivity contribution in [2.24, 2.45) is 0 Å². The minimum Gasteiger partial charge on any atom is -0.497 e. The maximum absolute atomic E-state index is 11.8. The lowest BCUT2D eigenvalue weighted by Crippen LogP contribution is -2.23. The standard InChI is InChI=1S/C19H19Cl2NO2S/c1-24-17-7-2-14(3-8-17)4-9-19(23)22-10-11-25-13-15-5-6-16(20)12-18(15)21/h2-9,12H,10-11,13H2,1H3,(H,22,23)/b9-4+. The molecule has 0 saturated carbocycles. The first-order valence-electron chi connectivity index (χ1n) is 7.70. The van der Waals surface area contributed by atoms with E-state index in [4.69, 9.17) is 27.9 Å². The number of halogens is 2. The van der Waals surface area contributed by atoms with Crippen LogP contribution in [0.4, 0.5) is 0 Å². The molecular formula is C19H19Cl2NO2S. The van der Waals surface area contributed by atoms with Crippen molar-refractivity contribution in [1.29, 1.82) is 0 Å². The van der Waals surface area contributed by atoms with Gasteiger partial charge in [0.25, 0.3) is 0 Å². The normalized spacial score (nSPS) is 10.8. The Balaban J connectivity index is 1.67. The van der Waals surface area contributed by atoms with Gasteiger partial charge in [-0.15, -0.1) is 0 Å². The summed E-state index contributed by atoms with van der Waals surface area (Å²) in [4.78, 5) is 11.8. The number of rotatable bonds is 8. The van der Waals surface area contributed by atoms with E-state index in [0.29, 0.717) is 16.6 Å². The van der Waals surface area contributed by atoms with Gasteiger partial charge in [-0.1, -0.05) is 41.4 Å². The Morgan fingerprint density at radius 1 is 1.20 bits per heavy atom. The molecular weight excluding hydrogens is 377 g/mol. The summed E-state index contributed by atoms with van der Waals surface area (Å²) < 4.78 is 5.10. The van der Waals surface area contributed by atoms with Crippen LogP contribution in [-0.4, -0.2) is 25.3 Å². The number of hydrogen-bond acceptors (Lipinski definition) is 3. The average molecular weight is 396 g/mol. The molecule has 0 aliphatic rings. The third kappa shape index (κ3) is 7.02. The Bertz CT molecular complexity index is 733. The summed E-state index contributed by atoms with van der Waals surface area (Å²) in [5.74, 6) is 2.27. The highest BCUT2D eigenvalue weighted by Crippen LogP contribution is 2.24. The second-order valence-electron chi connectivity index (χ2n) is 5.19. The zero-order valence-electron chi connectivity index (χ0n) is 13.8. The number of thioether (sulfide) groups is 1. The molecule has 2 rings (SSSR count). The predicted octanol–water partition coefficient (Wildman–Crippen LogP) is 5.06. The van der Waals surface area contributed by atoms with Gasteiger partial charge in [0.2, 0.25) is 5.91 Å². The van der Waals surface area contributed by atoms with Crippen LogP contribution in [0.2, 0.25) is 10.0 Å². The average Bonchev–Trinajstić information content (AvgIpc) is 2.61. The first kappa shape index (κ1) is 19.7. The van der Waals surface area contributed by atoms with Crippen molar-refractivity contribution in [2.45, 2.75) is 5.75 Å². The third-order valence-corrected chi connectivity index (χ3v) is 4.96. The van der Waals surface area contributed by atoms with Gasteiger partial charge in [0, 0.05) is 34.2 Å². The van der Waals surface area contributed by atoms with E-state index in [1.165, 1.54) is 6.08 Å². The SMILES string of the molecule is COc1ccc(/C=C/C(=O)NCCSCc2ccc(Cl)cc2Cl)cc1. The van der Waals surface area contributed by atoms with Gasteiger partial charge < -0.3 is 10.1 Å². The van der Waals surface area contributed by atoms with Gasteiger partial charge in [-0.3, -0.25) is 4.79 Å². The van der Waals surface area contributed by atoms with Crippen LogP contribution in [0.5, 0.6) is 5.75 Å². The molecule has 0 heterocycles. The van der Waals surface area contributed by atoms with Crippen LogP contribution in [-0.2, 0) is 10.5 Å². The Morgan fingerprint density at radius 2 is 1.96 bits per heavy atom. The van der Waals surface area contributed by atoms with Gasteiger partial charge in [-0.25, -0.2) is 0 Å². The lowest BCUT2D eigenvalue weighted by atomic mass is 10.2. The number of carbonyl (C=O) groups excluding carboxylic acids is 1. The van der Waals surface area contributed by atoms with E-state index < -0.39 is 0 Å². The van der Waals surface area contributed by atoms with E-state index in [9.17, 15) is 4.79 Å². The number of amides is 1. The largest absolute Gasteiger partial charge is 0.497 e. The summed E-state index contributed by atoms with van der Waals surface area (Å²) in [7, 11) is 1.62. The van der Waals surface area contributed by atoms with Crippen LogP contribution in [0.3, 0.4) is 0 Å². The summed E-state index contributed by atoms with van der Waals surface area (Å²) >= 11 is 13.7. The molecule has 6 heteroatoms. The van der Waals surface area contributed by atoms with Crippen LogP contribution in [0, 0.1) is 0 Å². The van der Waals surface area contributed by atoms with Crippen LogP contribution in [0.15, 0.2) is 48.5 Å². The van der Waals surface area contributed by atoms with E-state index >= 15 is 0 Å². The summed E-state index contributed by atoms with van der Waals surface area (Å²) in [6.45, 7) is 0.599. The van der Waals surface area contributed by atoms with E-state index in [1.54, 1.807) is 31.0 Å². The number of hydrogen-bond donors (Lipinski definition) is 1. The van der Waals surface area contributed by atoms with Gasteiger partial charge in [-0.05, 0) is 41.5 Å². The van der Waals surface area contributed by atoms with Gasteiger partial charge in [-0.2, -0.15) is 11.8 Å². The molecule has 0 aliphatic heterocycles. The van der Waals surface area contributed by atoms with Crippen molar-refractivity contribution < 1.29 is 9.53 Å². The summed E-state index contributed by atoms with van der Waals surface area (Å²) in [5.41, 5.74) is 1.99. The van der Waals surface area contributed by atoms with Gasteiger partial charge in [0.1, 0.15) is 5.75 Å². The van der Waals surface area contributed by atoms with E-state index in [0.717, 1.165) is 28.4 Å².